The van der Waals surface area contributed by atoms with Crippen LogP contribution in [0.3, 0.4) is 0 Å². The van der Waals surface area contributed by atoms with Gasteiger partial charge < -0.3 is 4.57 Å². The Labute approximate surface area is 227 Å². The van der Waals surface area contributed by atoms with Crippen molar-refractivity contribution in [2.24, 2.45) is 0 Å². The van der Waals surface area contributed by atoms with Crippen molar-refractivity contribution in [3.8, 4) is 27.9 Å². The molecule has 7 aromatic rings. The van der Waals surface area contributed by atoms with E-state index in [2.05, 4.69) is 145 Å². The molecule has 0 radical (unpaired) electrons. The fourth-order valence-corrected chi connectivity index (χ4v) is 7.58. The normalized spacial score (nSPS) is 16.4. The highest BCUT2D eigenvalue weighted by Crippen LogP contribution is 2.63. The minimum Gasteiger partial charge on any atom is -0.309 e. The van der Waals surface area contributed by atoms with E-state index in [1.54, 1.807) is 0 Å². The van der Waals surface area contributed by atoms with Gasteiger partial charge in [-0.3, -0.25) is 0 Å². The lowest BCUT2D eigenvalue weighted by Gasteiger charge is -2.31. The molecular weight excluding hydrogens is 470 g/mol. The molecule has 0 amide bonds. The van der Waals surface area contributed by atoms with E-state index in [4.69, 9.17) is 0 Å². The van der Waals surface area contributed by atoms with Crippen molar-refractivity contribution >= 4 is 21.8 Å². The number of aryl methyl sites for hydroxylation is 1. The summed E-state index contributed by atoms with van der Waals surface area (Å²) < 4.78 is 2.44. The Morgan fingerprint density at radius 3 is 1.56 bits per heavy atom. The molecule has 9 rings (SSSR count). The van der Waals surface area contributed by atoms with Crippen LogP contribution >= 0.6 is 0 Å². The molecule has 1 heteroatoms. The van der Waals surface area contributed by atoms with Crippen LogP contribution in [0.5, 0.6) is 0 Å². The number of hydrogen-bond donors (Lipinski definition) is 0. The van der Waals surface area contributed by atoms with Crippen molar-refractivity contribution in [3.05, 3.63) is 161 Å². The van der Waals surface area contributed by atoms with E-state index in [1.165, 1.54) is 77.6 Å². The summed E-state index contributed by atoms with van der Waals surface area (Å²) in [6.07, 6.45) is 0. The van der Waals surface area contributed by atoms with Crippen LogP contribution < -0.4 is 0 Å². The highest BCUT2D eigenvalue weighted by atomic mass is 15.0. The summed E-state index contributed by atoms with van der Waals surface area (Å²) in [4.78, 5) is 0. The molecule has 2 aliphatic rings. The van der Waals surface area contributed by atoms with Gasteiger partial charge in [0.1, 0.15) is 0 Å². The van der Waals surface area contributed by atoms with Gasteiger partial charge in [-0.1, -0.05) is 115 Å². The van der Waals surface area contributed by atoms with E-state index in [0.717, 1.165) is 0 Å². The van der Waals surface area contributed by atoms with Crippen LogP contribution in [0.25, 0.3) is 49.7 Å². The Morgan fingerprint density at radius 2 is 0.923 bits per heavy atom. The van der Waals surface area contributed by atoms with Crippen LogP contribution in [-0.4, -0.2) is 4.57 Å². The molecule has 2 aliphatic carbocycles. The number of hydrogen-bond acceptors (Lipinski definition) is 0. The third kappa shape index (κ3) is 2.51. The third-order valence-electron chi connectivity index (χ3n) is 9.07. The minimum absolute atomic E-state index is 0.335. The number of fused-ring (bicyclic) bond motifs is 13. The van der Waals surface area contributed by atoms with Gasteiger partial charge in [0.05, 0.1) is 16.4 Å². The zero-order chi connectivity index (χ0) is 25.7. The average molecular weight is 496 g/mol. The number of aromatic nitrogens is 1. The first-order valence-electron chi connectivity index (χ1n) is 13.7. The second kappa shape index (κ2) is 7.36. The second-order valence-corrected chi connectivity index (χ2v) is 11.0. The molecule has 1 nitrogen and oxygen atoms in total. The van der Waals surface area contributed by atoms with E-state index in [0.29, 0.717) is 0 Å². The topological polar surface area (TPSA) is 4.93 Å². The molecule has 6 aromatic carbocycles. The first kappa shape index (κ1) is 21.1. The number of para-hydroxylation sites is 2. The van der Waals surface area contributed by atoms with E-state index in [1.807, 2.05) is 0 Å². The van der Waals surface area contributed by atoms with Crippen molar-refractivity contribution in [2.45, 2.75) is 12.3 Å². The molecule has 182 valence electrons. The maximum atomic E-state index is 2.47. The van der Waals surface area contributed by atoms with Gasteiger partial charge in [-0.15, -0.1) is 0 Å². The average Bonchev–Trinajstić information content (AvgIpc) is 3.58. The quantitative estimate of drug-likeness (QED) is 0.214. The van der Waals surface area contributed by atoms with E-state index >= 15 is 0 Å². The Hall–Kier alpha value is -4.88. The van der Waals surface area contributed by atoms with Crippen LogP contribution in [0.4, 0.5) is 0 Å². The van der Waals surface area contributed by atoms with Gasteiger partial charge in [-0.05, 0) is 75.7 Å². The summed E-state index contributed by atoms with van der Waals surface area (Å²) in [6.45, 7) is 2.22. The highest BCUT2D eigenvalue weighted by Gasteiger charge is 2.51. The Balaban J connectivity index is 1.44. The molecule has 1 heterocycles. The monoisotopic (exact) mass is 495 g/mol. The van der Waals surface area contributed by atoms with Gasteiger partial charge in [-0.25, -0.2) is 0 Å². The number of nitrogens with zero attached hydrogens (tertiary/aromatic N) is 1. The third-order valence-corrected chi connectivity index (χ3v) is 9.07. The van der Waals surface area contributed by atoms with Gasteiger partial charge in [0, 0.05) is 16.5 Å². The highest BCUT2D eigenvalue weighted by molar-refractivity contribution is 6.09. The summed E-state index contributed by atoms with van der Waals surface area (Å²) in [5.41, 5.74) is 15.6. The predicted molar refractivity (Wildman–Crippen MR) is 162 cm³/mol. The van der Waals surface area contributed by atoms with E-state index in [-0.39, 0.29) is 5.41 Å². The van der Waals surface area contributed by atoms with Gasteiger partial charge in [0.2, 0.25) is 0 Å². The first-order chi connectivity index (χ1) is 19.3. The van der Waals surface area contributed by atoms with Crippen molar-refractivity contribution in [3.63, 3.8) is 0 Å². The maximum Gasteiger partial charge on any atom is 0.0726 e. The molecule has 0 saturated heterocycles. The molecule has 1 aromatic heterocycles. The van der Waals surface area contributed by atoms with Gasteiger partial charge >= 0.3 is 0 Å². The van der Waals surface area contributed by atoms with Gasteiger partial charge in [0.25, 0.3) is 0 Å². The molecule has 1 atom stereocenters. The van der Waals surface area contributed by atoms with E-state index < -0.39 is 0 Å². The summed E-state index contributed by atoms with van der Waals surface area (Å²) in [5, 5.41) is 2.58. The molecule has 0 saturated carbocycles. The lowest BCUT2D eigenvalue weighted by atomic mass is 9.70. The molecule has 0 aliphatic heterocycles. The molecule has 0 N–H and O–H groups in total. The van der Waals surface area contributed by atoms with Crippen molar-refractivity contribution in [1.29, 1.82) is 0 Å². The molecule has 1 spiro atoms. The molecular formula is C38H25N. The van der Waals surface area contributed by atoms with Crippen LogP contribution in [0, 0.1) is 6.92 Å². The fraction of sp³-hybridized carbons (Fsp3) is 0.0526. The Kier molecular flexibility index (Phi) is 3.98. The molecule has 39 heavy (non-hydrogen) atoms. The van der Waals surface area contributed by atoms with Crippen LogP contribution in [0.15, 0.2) is 133 Å². The predicted octanol–water partition coefficient (Wildman–Crippen LogP) is 9.44. The standard InChI is InChI=1S/C38H25N/c1-24-18-20-28-26-10-2-6-14-32(26)38(34(28)22-24)33-15-7-3-11-27(33)29-21-19-25(23-35(29)38)39-36-16-8-4-12-30(36)31-13-5-9-17-37(31)39/h2-23H,1H3. The van der Waals surface area contributed by atoms with Crippen LogP contribution in [0.2, 0.25) is 0 Å². The van der Waals surface area contributed by atoms with Gasteiger partial charge in [-0.2, -0.15) is 0 Å². The summed E-state index contributed by atoms with van der Waals surface area (Å²) in [6, 6.07) is 49.8. The largest absolute Gasteiger partial charge is 0.309 e. The van der Waals surface area contributed by atoms with Crippen molar-refractivity contribution in [1.82, 2.24) is 4.57 Å². The van der Waals surface area contributed by atoms with Crippen molar-refractivity contribution < 1.29 is 0 Å². The summed E-state index contributed by atoms with van der Waals surface area (Å²) >= 11 is 0. The maximum absolute atomic E-state index is 2.47. The van der Waals surface area contributed by atoms with Gasteiger partial charge in [0.15, 0.2) is 0 Å². The minimum atomic E-state index is -0.335. The summed E-state index contributed by atoms with van der Waals surface area (Å²) in [5.74, 6) is 0. The van der Waals surface area contributed by atoms with E-state index in [9.17, 15) is 0 Å². The first-order valence-corrected chi connectivity index (χ1v) is 13.7. The van der Waals surface area contributed by atoms with Crippen LogP contribution in [0.1, 0.15) is 27.8 Å². The molecule has 0 fully saturated rings. The Morgan fingerprint density at radius 1 is 0.436 bits per heavy atom. The fourth-order valence-electron chi connectivity index (χ4n) is 7.58. The zero-order valence-corrected chi connectivity index (χ0v) is 21.6. The van der Waals surface area contributed by atoms with Crippen LogP contribution in [-0.2, 0) is 5.41 Å². The number of rotatable bonds is 1. The lowest BCUT2D eigenvalue weighted by molar-refractivity contribution is 0.791. The number of benzene rings is 6. The molecule has 1 unspecified atom stereocenters. The smallest absolute Gasteiger partial charge is 0.0726 e. The molecule has 0 bridgehead atoms. The second-order valence-electron chi connectivity index (χ2n) is 11.0. The SMILES string of the molecule is Cc1ccc2c(c1)C1(c3ccccc3-2)c2ccccc2-c2ccc(-n3c4ccccc4c4ccccc43)cc21. The lowest BCUT2D eigenvalue weighted by Crippen LogP contribution is -2.26. The Bertz CT molecular complexity index is 2080. The zero-order valence-electron chi connectivity index (χ0n) is 21.6. The van der Waals surface area contributed by atoms with Crippen molar-refractivity contribution in [2.75, 3.05) is 0 Å². The summed E-state index contributed by atoms with van der Waals surface area (Å²) in [7, 11) is 0.